The maximum Gasteiger partial charge on any atom is 0.312 e. The lowest BCUT2D eigenvalue weighted by Gasteiger charge is -2.30. The number of carbonyl (C=O) groups is 2. The number of nitrogens with two attached hydrogens (primary N) is 2. The minimum Gasteiger partial charge on any atom is -0.481 e. The van der Waals surface area contributed by atoms with Crippen molar-refractivity contribution in [3.63, 3.8) is 0 Å². The molecule has 0 fully saturated rings. The maximum atomic E-state index is 12.4. The van der Waals surface area contributed by atoms with Gasteiger partial charge in [-0.1, -0.05) is 30.3 Å². The molecular formula is C16H24N2O4. The van der Waals surface area contributed by atoms with Crippen LogP contribution in [0.25, 0.3) is 0 Å². The van der Waals surface area contributed by atoms with E-state index in [0.717, 1.165) is 0 Å². The number of ether oxygens (including phenoxy) is 1. The van der Waals surface area contributed by atoms with Gasteiger partial charge in [-0.25, -0.2) is 0 Å². The van der Waals surface area contributed by atoms with Crippen molar-refractivity contribution in [3.05, 3.63) is 35.9 Å². The lowest BCUT2D eigenvalue weighted by molar-refractivity contribution is -0.162. The van der Waals surface area contributed by atoms with Crippen molar-refractivity contribution in [2.75, 3.05) is 0 Å². The van der Waals surface area contributed by atoms with E-state index >= 15 is 0 Å². The average molecular weight is 308 g/mol. The molecule has 0 aliphatic rings. The van der Waals surface area contributed by atoms with Crippen LogP contribution in [0.15, 0.2) is 30.3 Å². The summed E-state index contributed by atoms with van der Waals surface area (Å²) in [6, 6.07) is 7.31. The standard InChI is InChI=1S/C16H24N2O4/c1-16(2,3)22-15(21)13(11(17)9-12(19)20)14(18)10-7-5-4-6-8-10/h4-8,11,13-14H,9,17-18H2,1-3H3,(H,19,20). The third-order valence-corrected chi connectivity index (χ3v) is 3.12. The topological polar surface area (TPSA) is 116 Å². The Balaban J connectivity index is 3.05. The van der Waals surface area contributed by atoms with Gasteiger partial charge >= 0.3 is 11.9 Å². The van der Waals surface area contributed by atoms with E-state index in [0.29, 0.717) is 5.56 Å². The van der Waals surface area contributed by atoms with Gasteiger partial charge in [-0.3, -0.25) is 9.59 Å². The summed E-state index contributed by atoms with van der Waals surface area (Å²) in [5.41, 5.74) is 12.1. The van der Waals surface area contributed by atoms with Crippen molar-refractivity contribution in [1.82, 2.24) is 0 Å². The summed E-state index contributed by atoms with van der Waals surface area (Å²) in [6.07, 6.45) is -0.357. The molecule has 0 bridgehead atoms. The van der Waals surface area contributed by atoms with Gasteiger partial charge in [0.25, 0.3) is 0 Å². The third-order valence-electron chi connectivity index (χ3n) is 3.12. The Morgan fingerprint density at radius 2 is 1.73 bits per heavy atom. The molecule has 0 aliphatic heterocycles. The quantitative estimate of drug-likeness (QED) is 0.685. The minimum absolute atomic E-state index is 0.357. The normalized spacial score (nSPS) is 15.7. The predicted molar refractivity (Wildman–Crippen MR) is 82.9 cm³/mol. The Labute approximate surface area is 130 Å². The van der Waals surface area contributed by atoms with E-state index in [1.165, 1.54) is 0 Å². The van der Waals surface area contributed by atoms with E-state index in [1.54, 1.807) is 45.0 Å². The van der Waals surface area contributed by atoms with Gasteiger partial charge in [0.1, 0.15) is 5.60 Å². The molecule has 0 saturated heterocycles. The van der Waals surface area contributed by atoms with Crippen molar-refractivity contribution in [2.45, 2.75) is 44.9 Å². The van der Waals surface area contributed by atoms with Gasteiger partial charge in [0.05, 0.1) is 12.3 Å². The first-order valence-corrected chi connectivity index (χ1v) is 7.12. The summed E-state index contributed by atoms with van der Waals surface area (Å²) in [5, 5.41) is 8.93. The van der Waals surface area contributed by atoms with Crippen molar-refractivity contribution < 1.29 is 19.4 Å². The molecule has 1 aromatic carbocycles. The van der Waals surface area contributed by atoms with Crippen LogP contribution in [0.2, 0.25) is 0 Å². The number of benzene rings is 1. The summed E-state index contributed by atoms with van der Waals surface area (Å²) in [5.74, 6) is -2.60. The van der Waals surface area contributed by atoms with Crippen LogP contribution in [-0.2, 0) is 14.3 Å². The molecule has 0 radical (unpaired) electrons. The van der Waals surface area contributed by atoms with E-state index < -0.39 is 35.5 Å². The molecule has 6 nitrogen and oxygen atoms in total. The SMILES string of the molecule is CC(C)(C)OC(=O)C(C(N)CC(=O)O)C(N)c1ccccc1. The van der Waals surface area contributed by atoms with Crippen LogP contribution < -0.4 is 11.5 Å². The van der Waals surface area contributed by atoms with Gasteiger partial charge in [-0.05, 0) is 26.3 Å². The van der Waals surface area contributed by atoms with Gasteiger partial charge in [-0.15, -0.1) is 0 Å². The van der Waals surface area contributed by atoms with E-state index in [9.17, 15) is 9.59 Å². The van der Waals surface area contributed by atoms with Gasteiger partial charge in [0.2, 0.25) is 0 Å². The Morgan fingerprint density at radius 1 is 1.18 bits per heavy atom. The summed E-state index contributed by atoms with van der Waals surface area (Å²) < 4.78 is 5.35. The highest BCUT2D eigenvalue weighted by atomic mass is 16.6. The van der Waals surface area contributed by atoms with Crippen LogP contribution in [-0.4, -0.2) is 28.7 Å². The molecule has 3 unspecified atom stereocenters. The number of carboxylic acids is 1. The molecule has 22 heavy (non-hydrogen) atoms. The highest BCUT2D eigenvalue weighted by Crippen LogP contribution is 2.26. The number of hydrogen-bond donors (Lipinski definition) is 3. The molecule has 122 valence electrons. The fourth-order valence-corrected chi connectivity index (χ4v) is 2.17. The van der Waals surface area contributed by atoms with Crippen LogP contribution in [0.5, 0.6) is 0 Å². The second-order valence-corrected chi connectivity index (χ2v) is 6.26. The zero-order valence-corrected chi connectivity index (χ0v) is 13.2. The molecule has 5 N–H and O–H groups in total. The Hall–Kier alpha value is -1.92. The predicted octanol–water partition coefficient (Wildman–Crippen LogP) is 1.45. The summed E-state index contributed by atoms with van der Waals surface area (Å²) in [6.45, 7) is 5.20. The first-order chi connectivity index (χ1) is 10.1. The Kier molecular flexibility index (Phi) is 6.08. The smallest absolute Gasteiger partial charge is 0.312 e. The van der Waals surface area contributed by atoms with Crippen LogP contribution in [0.4, 0.5) is 0 Å². The molecular weight excluding hydrogens is 284 g/mol. The molecule has 1 aromatic rings. The van der Waals surface area contributed by atoms with Gasteiger partial charge < -0.3 is 21.3 Å². The Bertz CT molecular complexity index is 511. The maximum absolute atomic E-state index is 12.4. The first kappa shape index (κ1) is 18.1. The minimum atomic E-state index is -1.08. The average Bonchev–Trinajstić information content (AvgIpc) is 2.36. The number of hydrogen-bond acceptors (Lipinski definition) is 5. The highest BCUT2D eigenvalue weighted by Gasteiger charge is 2.36. The number of carbonyl (C=O) groups excluding carboxylic acids is 1. The van der Waals surface area contributed by atoms with Crippen LogP contribution in [0, 0.1) is 5.92 Å². The molecule has 0 aromatic heterocycles. The summed E-state index contributed by atoms with van der Waals surface area (Å²) in [4.78, 5) is 23.3. The number of aliphatic carboxylic acids is 1. The van der Waals surface area contributed by atoms with Crippen LogP contribution in [0.1, 0.15) is 38.8 Å². The third kappa shape index (κ3) is 5.46. The second-order valence-electron chi connectivity index (χ2n) is 6.26. The monoisotopic (exact) mass is 308 g/mol. The summed E-state index contributed by atoms with van der Waals surface area (Å²) >= 11 is 0. The number of rotatable bonds is 6. The highest BCUT2D eigenvalue weighted by molar-refractivity contribution is 5.76. The van der Waals surface area contributed by atoms with E-state index in [2.05, 4.69) is 0 Å². The van der Waals surface area contributed by atoms with Crippen LogP contribution >= 0.6 is 0 Å². The van der Waals surface area contributed by atoms with Crippen LogP contribution in [0.3, 0.4) is 0 Å². The lowest BCUT2D eigenvalue weighted by Crippen LogP contribution is -2.46. The second kappa shape index (κ2) is 7.38. The number of esters is 1. The zero-order valence-electron chi connectivity index (χ0n) is 13.2. The molecule has 0 spiro atoms. The fraction of sp³-hybridized carbons (Fsp3) is 0.500. The molecule has 1 rings (SSSR count). The Morgan fingerprint density at radius 3 is 2.18 bits per heavy atom. The van der Waals surface area contributed by atoms with Crippen molar-refractivity contribution >= 4 is 11.9 Å². The van der Waals surface area contributed by atoms with E-state index in [1.807, 2.05) is 6.07 Å². The molecule has 0 aliphatic carbocycles. The van der Waals surface area contributed by atoms with Crippen molar-refractivity contribution in [1.29, 1.82) is 0 Å². The van der Waals surface area contributed by atoms with Crippen molar-refractivity contribution in [2.24, 2.45) is 17.4 Å². The molecule has 0 heterocycles. The molecule has 6 heteroatoms. The lowest BCUT2D eigenvalue weighted by atomic mass is 9.86. The van der Waals surface area contributed by atoms with Gasteiger partial charge in [-0.2, -0.15) is 0 Å². The zero-order chi connectivity index (χ0) is 16.9. The largest absolute Gasteiger partial charge is 0.481 e. The molecule has 0 saturated carbocycles. The summed E-state index contributed by atoms with van der Waals surface area (Å²) in [7, 11) is 0. The van der Waals surface area contributed by atoms with Crippen molar-refractivity contribution in [3.8, 4) is 0 Å². The number of carboxylic acid groups (broad SMARTS) is 1. The molecule has 3 atom stereocenters. The molecule has 0 amide bonds. The van der Waals surface area contributed by atoms with Gasteiger partial charge in [0.15, 0.2) is 0 Å². The fourth-order valence-electron chi connectivity index (χ4n) is 2.17. The van der Waals surface area contributed by atoms with Gasteiger partial charge in [0, 0.05) is 12.1 Å². The van der Waals surface area contributed by atoms with E-state index in [4.69, 9.17) is 21.3 Å². The first-order valence-electron chi connectivity index (χ1n) is 7.12. The van der Waals surface area contributed by atoms with E-state index in [-0.39, 0.29) is 6.42 Å².